The highest BCUT2D eigenvalue weighted by atomic mass is 16.7. The second-order valence-electron chi connectivity index (χ2n) is 19.1. The molecule has 3 aliphatic carbocycles. The maximum atomic E-state index is 15.7. The van der Waals surface area contributed by atoms with E-state index in [-0.39, 0.29) is 35.3 Å². The lowest BCUT2D eigenvalue weighted by atomic mass is 9.44. The molecule has 364 valence electrons. The normalized spacial score (nSPS) is 36.0. The van der Waals surface area contributed by atoms with E-state index in [1.165, 1.54) is 39.8 Å². The van der Waals surface area contributed by atoms with Gasteiger partial charge in [-0.05, 0) is 54.8 Å². The Kier molecular flexibility index (Phi) is 13.3. The fourth-order valence-electron chi connectivity index (χ4n) is 11.2. The number of hydrogen-bond donors (Lipinski definition) is 7. The summed E-state index contributed by atoms with van der Waals surface area (Å²) >= 11 is 0. The molecule has 3 aromatic rings. The van der Waals surface area contributed by atoms with Crippen molar-refractivity contribution in [1.82, 2.24) is 5.32 Å². The third-order valence-corrected chi connectivity index (χ3v) is 14.9. The molecule has 3 aromatic carbocycles. The smallest absolute Gasteiger partial charge is 0.338 e. The lowest BCUT2D eigenvalue weighted by molar-refractivity contribution is -0.366. The first-order valence-corrected chi connectivity index (χ1v) is 22.5. The van der Waals surface area contributed by atoms with E-state index in [2.05, 4.69) is 5.32 Å². The first-order chi connectivity index (χ1) is 32.2. The number of hydrogen-bond acceptors (Lipinski definition) is 17. The number of benzene rings is 3. The van der Waals surface area contributed by atoms with Crippen LogP contribution in [0, 0.1) is 16.7 Å². The topological polar surface area (TPSA) is 274 Å². The first-order valence-electron chi connectivity index (χ1n) is 22.5. The number of fused-ring (bicyclic) bond motifs is 5. The summed E-state index contributed by atoms with van der Waals surface area (Å²) < 4.78 is 36.8. The zero-order valence-electron chi connectivity index (χ0n) is 38.1. The lowest BCUT2D eigenvalue weighted by Crippen LogP contribution is -2.82. The molecule has 0 radical (unpaired) electrons. The molecule has 0 aromatic heterocycles. The molecule has 0 spiro atoms. The summed E-state index contributed by atoms with van der Waals surface area (Å²) in [5, 5.41) is 72.9. The molecular formula is C50H57NO17. The Bertz CT molecular complexity index is 2430. The SMILES string of the molecule is CC(=O)O[C@@]12COC1C[C@H](O[C@@H]1OC[C@@H](O)[C@H](O)[C@H]1O)[C@@]1(C)C(=O)[C@H](O)C3=C(C)[C@@H](OC(=O)[C@H](O)[C@@H](NC(=O)c4ccccc4)c4ccccc4)C[C@@](O)([C@@H](OC(=O)c4ccccc4)C21)C3(C)C. The Balaban J connectivity index is 1.26. The fourth-order valence-corrected chi connectivity index (χ4v) is 11.2. The van der Waals surface area contributed by atoms with Gasteiger partial charge in [-0.1, -0.05) is 80.6 Å². The van der Waals surface area contributed by atoms with Gasteiger partial charge in [-0.15, -0.1) is 0 Å². The third kappa shape index (κ3) is 8.14. The monoisotopic (exact) mass is 943 g/mol. The van der Waals surface area contributed by atoms with E-state index < -0.39 is 138 Å². The summed E-state index contributed by atoms with van der Waals surface area (Å²) in [6.07, 6.45) is -17.8. The van der Waals surface area contributed by atoms with E-state index in [0.29, 0.717) is 5.56 Å². The molecule has 5 aliphatic rings. The second-order valence-corrected chi connectivity index (χ2v) is 19.1. The van der Waals surface area contributed by atoms with Gasteiger partial charge >= 0.3 is 17.9 Å². The molecule has 4 fully saturated rings. The van der Waals surface area contributed by atoms with E-state index in [1.807, 2.05) is 0 Å². The van der Waals surface area contributed by atoms with Crippen molar-refractivity contribution in [3.8, 4) is 0 Å². The molecule has 15 atom stereocenters. The van der Waals surface area contributed by atoms with Gasteiger partial charge < -0.3 is 64.4 Å². The van der Waals surface area contributed by atoms with Crippen molar-refractivity contribution < 1.29 is 83.0 Å². The number of Topliss-reactive ketones (excluding diaryl/α,β-unsaturated/α-hetero) is 1. The van der Waals surface area contributed by atoms with E-state index in [0.717, 1.165) is 6.92 Å². The fraction of sp³-hybridized carbons (Fsp3) is 0.500. The number of carbonyl (C=O) groups excluding carboxylic acids is 5. The average Bonchev–Trinajstić information content (AvgIpc) is 3.31. The van der Waals surface area contributed by atoms with Crippen molar-refractivity contribution in [2.24, 2.45) is 16.7 Å². The lowest BCUT2D eigenvalue weighted by Gasteiger charge is -2.68. The van der Waals surface area contributed by atoms with E-state index in [4.69, 9.17) is 28.4 Å². The van der Waals surface area contributed by atoms with Gasteiger partial charge in [0.15, 0.2) is 23.8 Å². The highest BCUT2D eigenvalue weighted by Gasteiger charge is 2.78. The molecule has 7 N–H and O–H groups in total. The summed E-state index contributed by atoms with van der Waals surface area (Å²) in [5.74, 6) is -6.29. The Morgan fingerprint density at radius 3 is 2.01 bits per heavy atom. The van der Waals surface area contributed by atoms with Crippen LogP contribution in [0.1, 0.15) is 79.8 Å². The zero-order valence-corrected chi connectivity index (χ0v) is 38.1. The number of ether oxygens (including phenoxy) is 6. The number of carbonyl (C=O) groups is 5. The molecule has 8 rings (SSSR count). The van der Waals surface area contributed by atoms with Gasteiger partial charge in [0.25, 0.3) is 5.91 Å². The zero-order chi connectivity index (χ0) is 49.1. The van der Waals surface area contributed by atoms with Gasteiger partial charge in [-0.3, -0.25) is 14.4 Å². The number of ketones is 1. The maximum Gasteiger partial charge on any atom is 0.338 e. The van der Waals surface area contributed by atoms with Crippen LogP contribution >= 0.6 is 0 Å². The molecule has 2 saturated heterocycles. The largest absolute Gasteiger partial charge is 0.456 e. The van der Waals surface area contributed by atoms with Crippen LogP contribution in [0.2, 0.25) is 0 Å². The number of esters is 3. The molecule has 1 amide bonds. The quantitative estimate of drug-likeness (QED) is 0.0818. The standard InChI is InChI=1S/C50H57NO17/c1-25-31(65-45(61)38(56)35(27-15-9-6-10-16-27)51-43(59)28-17-11-7-12-18-28)22-50(62)42(67-44(60)29-19-13-8-14-20-29)40-48(5,41(58)37(55)34(25)47(50,3)4)32(21-33-49(40,24-64-33)68-26(2)52)66-46-39(57)36(54)30(53)23-63-46/h6-20,30-33,35-40,42,46,53-57,62H,21-24H2,1-5H3,(H,51,59)/t30-,31+,32+,33?,35+,36+,37-,38-,39-,40?,42+,46+,48-,49+,50-/m1/s1. The second kappa shape index (κ2) is 18.5. The van der Waals surface area contributed by atoms with Crippen molar-refractivity contribution in [2.45, 2.75) is 126 Å². The number of rotatable bonds is 11. The summed E-state index contributed by atoms with van der Waals surface area (Å²) in [6.45, 7) is 6.21. The summed E-state index contributed by atoms with van der Waals surface area (Å²) in [5.41, 5.74) is -7.60. The summed E-state index contributed by atoms with van der Waals surface area (Å²) in [4.78, 5) is 71.3. The number of nitrogens with one attached hydrogen (secondary N) is 1. The number of aliphatic hydroxyl groups is 6. The Hall–Kier alpha value is -5.41. The summed E-state index contributed by atoms with van der Waals surface area (Å²) in [6, 6.07) is 22.7. The number of amides is 1. The van der Waals surface area contributed by atoms with E-state index in [1.54, 1.807) is 78.9 Å². The molecular weight excluding hydrogens is 887 g/mol. The average molecular weight is 944 g/mol. The molecule has 68 heavy (non-hydrogen) atoms. The van der Waals surface area contributed by atoms with Gasteiger partial charge in [0.05, 0.1) is 42.3 Å². The van der Waals surface area contributed by atoms with Crippen LogP contribution in [0.25, 0.3) is 0 Å². The van der Waals surface area contributed by atoms with Crippen molar-refractivity contribution in [2.75, 3.05) is 13.2 Å². The van der Waals surface area contributed by atoms with E-state index in [9.17, 15) is 49.8 Å². The van der Waals surface area contributed by atoms with Crippen LogP contribution in [0.5, 0.6) is 0 Å². The number of aliphatic hydroxyl groups excluding tert-OH is 5. The third-order valence-electron chi connectivity index (χ3n) is 14.9. The molecule has 2 heterocycles. The molecule has 2 unspecified atom stereocenters. The first kappa shape index (κ1) is 49.0. The van der Waals surface area contributed by atoms with Crippen LogP contribution in [0.3, 0.4) is 0 Å². The van der Waals surface area contributed by atoms with Crippen molar-refractivity contribution in [1.29, 1.82) is 0 Å². The van der Waals surface area contributed by atoms with Crippen LogP contribution in [-0.2, 0) is 42.8 Å². The Morgan fingerprint density at radius 1 is 0.824 bits per heavy atom. The minimum atomic E-state index is -2.47. The van der Waals surface area contributed by atoms with Crippen LogP contribution in [-0.4, -0.2) is 146 Å². The predicted molar refractivity (Wildman–Crippen MR) is 235 cm³/mol. The molecule has 18 nitrogen and oxygen atoms in total. The van der Waals surface area contributed by atoms with Gasteiger partial charge in [0.2, 0.25) is 0 Å². The minimum absolute atomic E-state index is 0.0280. The molecule has 2 saturated carbocycles. The Labute approximate surface area is 391 Å². The van der Waals surface area contributed by atoms with Gasteiger partial charge in [0, 0.05) is 30.7 Å². The molecule has 2 aliphatic heterocycles. The van der Waals surface area contributed by atoms with Gasteiger partial charge in [-0.25, -0.2) is 9.59 Å². The predicted octanol–water partition coefficient (Wildman–Crippen LogP) is 1.63. The summed E-state index contributed by atoms with van der Waals surface area (Å²) in [7, 11) is 0. The van der Waals surface area contributed by atoms with Crippen molar-refractivity contribution in [3.05, 3.63) is 119 Å². The van der Waals surface area contributed by atoms with Crippen molar-refractivity contribution >= 4 is 29.6 Å². The molecule has 2 bridgehead atoms. The molecule has 18 heteroatoms. The van der Waals surface area contributed by atoms with Crippen LogP contribution in [0.4, 0.5) is 0 Å². The van der Waals surface area contributed by atoms with Crippen LogP contribution < -0.4 is 5.32 Å². The minimum Gasteiger partial charge on any atom is -0.456 e. The van der Waals surface area contributed by atoms with Crippen LogP contribution in [0.15, 0.2) is 102 Å². The van der Waals surface area contributed by atoms with E-state index >= 15 is 4.79 Å². The van der Waals surface area contributed by atoms with Gasteiger partial charge in [-0.2, -0.15) is 0 Å². The highest BCUT2D eigenvalue weighted by molar-refractivity contribution is 5.95. The van der Waals surface area contributed by atoms with Gasteiger partial charge in [0.1, 0.15) is 48.3 Å². The Morgan fingerprint density at radius 2 is 1.43 bits per heavy atom. The van der Waals surface area contributed by atoms with Crippen molar-refractivity contribution in [3.63, 3.8) is 0 Å². The maximum absolute atomic E-state index is 15.7. The highest BCUT2D eigenvalue weighted by Crippen LogP contribution is 2.65.